The summed E-state index contributed by atoms with van der Waals surface area (Å²) in [5, 5.41) is 3.68. The molecule has 2 heterocycles. The van der Waals surface area contributed by atoms with Gasteiger partial charge in [-0.1, -0.05) is 42.5 Å². The van der Waals surface area contributed by atoms with Gasteiger partial charge in [-0.15, -0.1) is 0 Å². The van der Waals surface area contributed by atoms with E-state index in [0.717, 1.165) is 11.3 Å². The first-order valence-electron chi connectivity index (χ1n) is 8.41. The lowest BCUT2D eigenvalue weighted by molar-refractivity contribution is 0.628. The Morgan fingerprint density at radius 3 is 2.24 bits per heavy atom. The smallest absolute Gasteiger partial charge is 0.123 e. The minimum Gasteiger partial charge on any atom is -0.308 e. The van der Waals surface area contributed by atoms with Crippen LogP contribution in [0, 0.1) is 12.7 Å². The minimum atomic E-state index is -0.214. The van der Waals surface area contributed by atoms with Crippen LogP contribution < -0.4 is 0 Å². The highest BCUT2D eigenvalue weighted by atomic mass is 19.1. The Morgan fingerprint density at radius 1 is 0.760 bits per heavy atom. The number of pyridine rings is 1. The predicted octanol–water partition coefficient (Wildman–Crippen LogP) is 6.36. The van der Waals surface area contributed by atoms with Gasteiger partial charge in [0.15, 0.2) is 0 Å². The van der Waals surface area contributed by atoms with Crippen molar-refractivity contribution < 1.29 is 4.39 Å². The van der Waals surface area contributed by atoms with Gasteiger partial charge in [-0.05, 0) is 59.8 Å². The molecular weight excluding hydrogens is 309 g/mol. The third-order valence-corrected chi connectivity index (χ3v) is 5.02. The molecule has 0 unspecified atom stereocenters. The summed E-state index contributed by atoms with van der Waals surface area (Å²) in [7, 11) is 0. The molecule has 0 N–H and O–H groups in total. The average molecular weight is 325 g/mol. The second-order valence-corrected chi connectivity index (χ2v) is 6.45. The standard InChI is InChI=1S/C23H16FN/c1-15-19-7-4-5-9-21(19)25-22(16-10-12-18(24)13-11-16)14-17-6-2-3-8-20(17)23(15)25/h2-14H,1H3. The van der Waals surface area contributed by atoms with Crippen LogP contribution in [0.1, 0.15) is 5.56 Å². The Morgan fingerprint density at radius 2 is 1.44 bits per heavy atom. The van der Waals surface area contributed by atoms with Crippen LogP contribution in [-0.4, -0.2) is 4.40 Å². The Kier molecular flexibility index (Phi) is 2.95. The Hall–Kier alpha value is -3.13. The molecule has 120 valence electrons. The van der Waals surface area contributed by atoms with Gasteiger partial charge in [-0.2, -0.15) is 0 Å². The van der Waals surface area contributed by atoms with Gasteiger partial charge < -0.3 is 4.40 Å². The van der Waals surface area contributed by atoms with Crippen molar-refractivity contribution in [2.45, 2.75) is 6.92 Å². The fraction of sp³-hybridized carbons (Fsp3) is 0.0435. The first-order chi connectivity index (χ1) is 12.2. The van der Waals surface area contributed by atoms with Gasteiger partial charge in [0, 0.05) is 10.8 Å². The van der Waals surface area contributed by atoms with E-state index in [1.165, 1.54) is 44.9 Å². The van der Waals surface area contributed by atoms with Crippen LogP contribution in [-0.2, 0) is 0 Å². The van der Waals surface area contributed by atoms with Gasteiger partial charge in [0.1, 0.15) is 5.82 Å². The van der Waals surface area contributed by atoms with Gasteiger partial charge in [-0.3, -0.25) is 0 Å². The Balaban J connectivity index is 2.06. The van der Waals surface area contributed by atoms with E-state index in [0.29, 0.717) is 0 Å². The van der Waals surface area contributed by atoms with Gasteiger partial charge in [-0.25, -0.2) is 4.39 Å². The van der Waals surface area contributed by atoms with E-state index in [4.69, 9.17) is 0 Å². The number of fused-ring (bicyclic) bond motifs is 5. The van der Waals surface area contributed by atoms with E-state index in [9.17, 15) is 4.39 Å². The van der Waals surface area contributed by atoms with Gasteiger partial charge in [0.25, 0.3) is 0 Å². The quantitative estimate of drug-likeness (QED) is 0.338. The first-order valence-corrected chi connectivity index (χ1v) is 8.41. The topological polar surface area (TPSA) is 4.41 Å². The molecule has 0 aliphatic heterocycles. The Bertz CT molecular complexity index is 1250. The lowest BCUT2D eigenvalue weighted by Gasteiger charge is -2.12. The van der Waals surface area contributed by atoms with Crippen LogP contribution in [0.4, 0.5) is 4.39 Å². The summed E-state index contributed by atoms with van der Waals surface area (Å²) in [4.78, 5) is 0. The van der Waals surface area contributed by atoms with Crippen molar-refractivity contribution in [2.24, 2.45) is 0 Å². The summed E-state index contributed by atoms with van der Waals surface area (Å²) in [6.45, 7) is 2.18. The zero-order valence-electron chi connectivity index (χ0n) is 13.8. The van der Waals surface area contributed by atoms with Gasteiger partial charge in [0.05, 0.1) is 16.7 Å². The van der Waals surface area contributed by atoms with Crippen LogP contribution >= 0.6 is 0 Å². The summed E-state index contributed by atoms with van der Waals surface area (Å²) in [5.74, 6) is -0.214. The van der Waals surface area contributed by atoms with Crippen LogP contribution in [0.25, 0.3) is 38.4 Å². The van der Waals surface area contributed by atoms with E-state index < -0.39 is 0 Å². The number of para-hydroxylation sites is 1. The van der Waals surface area contributed by atoms with E-state index in [1.807, 2.05) is 12.1 Å². The molecule has 0 bridgehead atoms. The summed E-state index contributed by atoms with van der Waals surface area (Å²) in [5.41, 5.74) is 5.77. The molecule has 0 atom stereocenters. The highest BCUT2D eigenvalue weighted by Gasteiger charge is 2.15. The molecule has 0 saturated carbocycles. The van der Waals surface area contributed by atoms with Crippen molar-refractivity contribution >= 4 is 27.2 Å². The molecule has 5 rings (SSSR count). The first kappa shape index (κ1) is 14.2. The molecule has 2 heteroatoms. The molecule has 3 aromatic carbocycles. The largest absolute Gasteiger partial charge is 0.308 e. The van der Waals surface area contributed by atoms with Crippen molar-refractivity contribution in [3.8, 4) is 11.3 Å². The number of nitrogens with zero attached hydrogens (tertiary/aromatic N) is 1. The zero-order valence-corrected chi connectivity index (χ0v) is 13.8. The maximum atomic E-state index is 13.4. The number of benzene rings is 3. The van der Waals surface area contributed by atoms with Gasteiger partial charge in [0.2, 0.25) is 0 Å². The summed E-state index contributed by atoms with van der Waals surface area (Å²) in [6.07, 6.45) is 0. The molecule has 0 saturated heterocycles. The number of aromatic nitrogens is 1. The lowest BCUT2D eigenvalue weighted by atomic mass is 10.0. The third-order valence-electron chi connectivity index (χ3n) is 5.02. The predicted molar refractivity (Wildman–Crippen MR) is 103 cm³/mol. The monoisotopic (exact) mass is 325 g/mol. The van der Waals surface area contributed by atoms with E-state index in [1.54, 1.807) is 0 Å². The van der Waals surface area contributed by atoms with E-state index >= 15 is 0 Å². The molecule has 0 spiro atoms. The van der Waals surface area contributed by atoms with E-state index in [-0.39, 0.29) is 5.82 Å². The van der Waals surface area contributed by atoms with E-state index in [2.05, 4.69) is 65.9 Å². The van der Waals surface area contributed by atoms with Crippen LogP contribution in [0.15, 0.2) is 78.9 Å². The summed E-state index contributed by atoms with van der Waals surface area (Å²) in [6, 6.07) is 25.9. The average Bonchev–Trinajstić information content (AvgIpc) is 2.96. The van der Waals surface area contributed by atoms with Crippen molar-refractivity contribution in [3.63, 3.8) is 0 Å². The molecule has 5 aromatic rings. The van der Waals surface area contributed by atoms with Crippen LogP contribution in [0.2, 0.25) is 0 Å². The molecule has 0 fully saturated rings. The molecule has 0 amide bonds. The Labute approximate surface area is 145 Å². The van der Waals surface area contributed by atoms with Crippen molar-refractivity contribution in [1.29, 1.82) is 0 Å². The number of hydrogen-bond donors (Lipinski definition) is 0. The fourth-order valence-corrected chi connectivity index (χ4v) is 3.86. The molecule has 0 aliphatic rings. The number of rotatable bonds is 1. The third kappa shape index (κ3) is 2.01. The molecule has 0 aliphatic carbocycles. The molecular formula is C23H16FN. The zero-order chi connectivity index (χ0) is 17.0. The number of hydrogen-bond acceptors (Lipinski definition) is 0. The lowest BCUT2D eigenvalue weighted by Crippen LogP contribution is -1.94. The second-order valence-electron chi connectivity index (χ2n) is 6.45. The van der Waals surface area contributed by atoms with Crippen LogP contribution in [0.5, 0.6) is 0 Å². The van der Waals surface area contributed by atoms with Crippen molar-refractivity contribution in [3.05, 3.63) is 90.2 Å². The van der Waals surface area contributed by atoms with Crippen LogP contribution in [0.3, 0.4) is 0 Å². The molecule has 2 aromatic heterocycles. The summed E-state index contributed by atoms with van der Waals surface area (Å²) >= 11 is 0. The molecule has 1 nitrogen and oxygen atoms in total. The summed E-state index contributed by atoms with van der Waals surface area (Å²) < 4.78 is 15.7. The second kappa shape index (κ2) is 5.18. The SMILES string of the molecule is Cc1c2ccccc2n2c(-c3ccc(F)cc3)cc3ccccc3c12. The number of aryl methyl sites for hydroxylation is 1. The van der Waals surface area contributed by atoms with Gasteiger partial charge >= 0.3 is 0 Å². The minimum absolute atomic E-state index is 0.214. The number of halogens is 1. The fourth-order valence-electron chi connectivity index (χ4n) is 3.86. The highest BCUT2D eigenvalue weighted by molar-refractivity contribution is 6.07. The maximum absolute atomic E-state index is 13.4. The molecule has 0 radical (unpaired) electrons. The van der Waals surface area contributed by atoms with Crippen molar-refractivity contribution in [2.75, 3.05) is 0 Å². The highest BCUT2D eigenvalue weighted by Crippen LogP contribution is 2.36. The molecule has 25 heavy (non-hydrogen) atoms. The maximum Gasteiger partial charge on any atom is 0.123 e. The normalized spacial score (nSPS) is 11.6. The van der Waals surface area contributed by atoms with Crippen molar-refractivity contribution in [1.82, 2.24) is 4.40 Å².